The number of nitrogens with two attached hydrogens (primary N) is 2. The fraction of sp³-hybridized carbons (Fsp3) is 0.417. The molecule has 1 aromatic carbocycles. The average Bonchev–Trinajstić information content (AvgIpc) is 2.22. The normalized spacial score (nSPS) is 12.2. The Kier molecular flexibility index (Phi) is 3.90. The fourth-order valence-electron chi connectivity index (χ4n) is 1.63. The molecular formula is C12H18N2O2. The van der Waals surface area contributed by atoms with Crippen molar-refractivity contribution in [2.75, 3.05) is 7.11 Å². The van der Waals surface area contributed by atoms with Crippen molar-refractivity contribution in [1.29, 1.82) is 0 Å². The highest BCUT2D eigenvalue weighted by atomic mass is 16.5. The highest BCUT2D eigenvalue weighted by Crippen LogP contribution is 2.23. The first-order valence-corrected chi connectivity index (χ1v) is 5.14. The number of primary amides is 1. The molecule has 1 amide bonds. The molecule has 0 spiro atoms. The Bertz CT molecular complexity index is 402. The maximum atomic E-state index is 10.9. The van der Waals surface area contributed by atoms with Gasteiger partial charge in [-0.2, -0.15) is 0 Å². The third kappa shape index (κ3) is 2.73. The number of amides is 1. The Morgan fingerprint density at radius 2 is 2.00 bits per heavy atom. The third-order valence-corrected chi connectivity index (χ3v) is 2.66. The van der Waals surface area contributed by atoms with E-state index < -0.39 is 11.9 Å². The van der Waals surface area contributed by atoms with Crippen LogP contribution >= 0.6 is 0 Å². The maximum absolute atomic E-state index is 10.9. The van der Waals surface area contributed by atoms with Crippen LogP contribution in [0, 0.1) is 13.8 Å². The number of aryl methyl sites for hydroxylation is 2. The van der Waals surface area contributed by atoms with E-state index in [4.69, 9.17) is 16.2 Å². The molecule has 0 heterocycles. The Labute approximate surface area is 95.6 Å². The van der Waals surface area contributed by atoms with Crippen LogP contribution in [0.1, 0.15) is 16.7 Å². The molecule has 1 atom stereocenters. The molecule has 4 N–H and O–H groups in total. The molecule has 0 aromatic heterocycles. The number of benzene rings is 1. The topological polar surface area (TPSA) is 78.3 Å². The molecule has 0 aliphatic rings. The smallest absolute Gasteiger partial charge is 0.234 e. The van der Waals surface area contributed by atoms with Crippen LogP contribution in [0.4, 0.5) is 0 Å². The maximum Gasteiger partial charge on any atom is 0.234 e. The summed E-state index contributed by atoms with van der Waals surface area (Å²) in [6, 6.07) is 3.29. The summed E-state index contributed by atoms with van der Waals surface area (Å²) in [5.41, 5.74) is 13.9. The van der Waals surface area contributed by atoms with E-state index in [1.54, 1.807) is 7.11 Å². The van der Waals surface area contributed by atoms with Gasteiger partial charge in [0.15, 0.2) is 0 Å². The van der Waals surface area contributed by atoms with Crippen molar-refractivity contribution in [1.82, 2.24) is 0 Å². The van der Waals surface area contributed by atoms with Gasteiger partial charge in [0.1, 0.15) is 5.75 Å². The standard InChI is InChI=1S/C12H18N2O2/c1-7-5-11(16-3)8(2)4-9(7)6-10(13)12(14)15/h4-5,10H,6,13H2,1-3H3,(H2,14,15). The van der Waals surface area contributed by atoms with Crippen LogP contribution in [0.3, 0.4) is 0 Å². The second kappa shape index (κ2) is 4.99. The lowest BCUT2D eigenvalue weighted by atomic mass is 9.98. The van der Waals surface area contributed by atoms with Crippen molar-refractivity contribution in [2.45, 2.75) is 26.3 Å². The second-order valence-electron chi connectivity index (χ2n) is 3.96. The highest BCUT2D eigenvalue weighted by Gasteiger charge is 2.13. The van der Waals surface area contributed by atoms with Crippen molar-refractivity contribution >= 4 is 5.91 Å². The van der Waals surface area contributed by atoms with Gasteiger partial charge >= 0.3 is 0 Å². The molecule has 4 nitrogen and oxygen atoms in total. The summed E-state index contributed by atoms with van der Waals surface area (Å²) >= 11 is 0. The zero-order valence-electron chi connectivity index (χ0n) is 9.91. The van der Waals surface area contributed by atoms with Gasteiger partial charge < -0.3 is 16.2 Å². The van der Waals surface area contributed by atoms with Crippen LogP contribution in [0.2, 0.25) is 0 Å². The van der Waals surface area contributed by atoms with Crippen molar-refractivity contribution < 1.29 is 9.53 Å². The van der Waals surface area contributed by atoms with E-state index in [0.717, 1.165) is 22.4 Å². The second-order valence-corrected chi connectivity index (χ2v) is 3.96. The minimum atomic E-state index is -0.633. The summed E-state index contributed by atoms with van der Waals surface area (Å²) < 4.78 is 5.21. The van der Waals surface area contributed by atoms with Crippen molar-refractivity contribution in [2.24, 2.45) is 11.5 Å². The van der Waals surface area contributed by atoms with Crippen LogP contribution in [-0.4, -0.2) is 19.1 Å². The number of carbonyl (C=O) groups excluding carboxylic acids is 1. The van der Waals surface area contributed by atoms with E-state index in [9.17, 15) is 4.79 Å². The average molecular weight is 222 g/mol. The van der Waals surface area contributed by atoms with Crippen LogP contribution < -0.4 is 16.2 Å². The monoisotopic (exact) mass is 222 g/mol. The molecule has 0 saturated carbocycles. The molecule has 1 unspecified atom stereocenters. The summed E-state index contributed by atoms with van der Waals surface area (Å²) in [4.78, 5) is 10.9. The molecule has 0 bridgehead atoms. The predicted octanol–water partition coefficient (Wildman–Crippen LogP) is 0.667. The summed E-state index contributed by atoms with van der Waals surface area (Å²) in [5.74, 6) is 0.363. The van der Waals surface area contributed by atoms with E-state index >= 15 is 0 Å². The molecule has 0 aliphatic carbocycles. The lowest BCUT2D eigenvalue weighted by molar-refractivity contribution is -0.119. The van der Waals surface area contributed by atoms with Gasteiger partial charge in [-0.25, -0.2) is 0 Å². The van der Waals surface area contributed by atoms with Crippen LogP contribution in [0.15, 0.2) is 12.1 Å². The molecule has 0 radical (unpaired) electrons. The van der Waals surface area contributed by atoms with Gasteiger partial charge in [0, 0.05) is 0 Å². The molecule has 88 valence electrons. The summed E-state index contributed by atoms with van der Waals surface area (Å²) in [5, 5.41) is 0. The zero-order valence-corrected chi connectivity index (χ0v) is 9.91. The minimum absolute atomic E-state index is 0.464. The van der Waals surface area contributed by atoms with Gasteiger partial charge in [-0.05, 0) is 43.0 Å². The van der Waals surface area contributed by atoms with Gasteiger partial charge in [0.05, 0.1) is 13.2 Å². The lowest BCUT2D eigenvalue weighted by Gasteiger charge is -2.13. The molecule has 1 aromatic rings. The molecule has 0 fully saturated rings. The summed E-state index contributed by atoms with van der Waals surface area (Å²) in [7, 11) is 1.64. The van der Waals surface area contributed by atoms with Crippen LogP contribution in [0.25, 0.3) is 0 Å². The number of carbonyl (C=O) groups is 1. The number of methoxy groups -OCH3 is 1. The van der Waals surface area contributed by atoms with Gasteiger partial charge in [-0.15, -0.1) is 0 Å². The third-order valence-electron chi connectivity index (χ3n) is 2.66. The zero-order chi connectivity index (χ0) is 12.3. The number of hydrogen-bond donors (Lipinski definition) is 2. The Morgan fingerprint density at radius 3 is 2.50 bits per heavy atom. The quantitative estimate of drug-likeness (QED) is 0.785. The Balaban J connectivity index is 2.98. The molecule has 0 aliphatic heterocycles. The van der Waals surface area contributed by atoms with Crippen LogP contribution in [0.5, 0.6) is 5.75 Å². The van der Waals surface area contributed by atoms with Crippen molar-refractivity contribution in [3.05, 3.63) is 28.8 Å². The molecule has 1 rings (SSSR count). The van der Waals surface area contributed by atoms with Crippen molar-refractivity contribution in [3.8, 4) is 5.75 Å². The molecule has 4 heteroatoms. The van der Waals surface area contributed by atoms with Crippen LogP contribution in [-0.2, 0) is 11.2 Å². The van der Waals surface area contributed by atoms with Gasteiger partial charge in [0.2, 0.25) is 5.91 Å². The van der Waals surface area contributed by atoms with E-state index in [2.05, 4.69) is 0 Å². The Hall–Kier alpha value is -1.55. The largest absolute Gasteiger partial charge is 0.496 e. The summed E-state index contributed by atoms with van der Waals surface area (Å²) in [6.07, 6.45) is 0.464. The van der Waals surface area contributed by atoms with Gasteiger partial charge in [0.25, 0.3) is 0 Å². The predicted molar refractivity (Wildman–Crippen MR) is 63.3 cm³/mol. The molecular weight excluding hydrogens is 204 g/mol. The SMILES string of the molecule is COc1cc(C)c(CC(N)C(N)=O)cc1C. The lowest BCUT2D eigenvalue weighted by Crippen LogP contribution is -2.38. The first kappa shape index (κ1) is 12.5. The van der Waals surface area contributed by atoms with E-state index in [1.165, 1.54) is 0 Å². The summed E-state index contributed by atoms with van der Waals surface area (Å²) in [6.45, 7) is 3.92. The Morgan fingerprint density at radius 1 is 1.38 bits per heavy atom. The minimum Gasteiger partial charge on any atom is -0.496 e. The first-order chi connectivity index (χ1) is 7.45. The number of hydrogen-bond acceptors (Lipinski definition) is 3. The van der Waals surface area contributed by atoms with E-state index in [1.807, 2.05) is 26.0 Å². The number of rotatable bonds is 4. The van der Waals surface area contributed by atoms with E-state index in [0.29, 0.717) is 6.42 Å². The van der Waals surface area contributed by atoms with Gasteiger partial charge in [-0.1, -0.05) is 6.07 Å². The van der Waals surface area contributed by atoms with E-state index in [-0.39, 0.29) is 0 Å². The first-order valence-electron chi connectivity index (χ1n) is 5.14. The molecule has 0 saturated heterocycles. The fourth-order valence-corrected chi connectivity index (χ4v) is 1.63. The molecule has 16 heavy (non-hydrogen) atoms. The van der Waals surface area contributed by atoms with Gasteiger partial charge in [-0.3, -0.25) is 4.79 Å². The number of ether oxygens (including phenoxy) is 1. The highest BCUT2D eigenvalue weighted by molar-refractivity contribution is 5.80. The van der Waals surface area contributed by atoms with Crippen molar-refractivity contribution in [3.63, 3.8) is 0 Å².